The van der Waals surface area contributed by atoms with Gasteiger partial charge in [0.1, 0.15) is 9.84 Å². The second-order valence-electron chi connectivity index (χ2n) is 4.30. The van der Waals surface area contributed by atoms with Crippen LogP contribution in [0.1, 0.15) is 0 Å². The maximum atomic E-state index is 11.8. The van der Waals surface area contributed by atoms with Gasteiger partial charge in [0.15, 0.2) is 5.13 Å². The summed E-state index contributed by atoms with van der Waals surface area (Å²) in [6.45, 7) is 0. The molecule has 10 heteroatoms. The van der Waals surface area contributed by atoms with Gasteiger partial charge in [-0.2, -0.15) is 0 Å². The highest BCUT2D eigenvalue weighted by molar-refractivity contribution is 7.95. The molecule has 20 heavy (non-hydrogen) atoms. The number of aromatic nitrogens is 1. The van der Waals surface area contributed by atoms with Gasteiger partial charge in [-0.1, -0.05) is 11.3 Å². The van der Waals surface area contributed by atoms with E-state index in [1.165, 1.54) is 0 Å². The van der Waals surface area contributed by atoms with E-state index in [0.717, 1.165) is 22.3 Å². The number of nitrogens with one attached hydrogen (secondary N) is 1. The Morgan fingerprint density at radius 2 is 1.95 bits per heavy atom. The molecular formula is C10H13N3O4S3. The van der Waals surface area contributed by atoms with E-state index in [1.807, 2.05) is 0 Å². The Kier molecular flexibility index (Phi) is 3.89. The maximum absolute atomic E-state index is 11.8. The van der Waals surface area contributed by atoms with Crippen molar-refractivity contribution < 1.29 is 16.8 Å². The number of fused-ring (bicyclic) bond motifs is 1. The van der Waals surface area contributed by atoms with Crippen LogP contribution in [0.4, 0.5) is 10.8 Å². The van der Waals surface area contributed by atoms with Crippen molar-refractivity contribution in [2.75, 3.05) is 28.2 Å². The Balaban J connectivity index is 2.19. The molecule has 3 N–H and O–H groups in total. The Hall–Kier alpha value is -1.39. The number of hydrogen-bond donors (Lipinski definition) is 2. The van der Waals surface area contributed by atoms with E-state index in [9.17, 15) is 16.8 Å². The van der Waals surface area contributed by atoms with E-state index in [-0.39, 0.29) is 5.13 Å². The fourth-order valence-corrected chi connectivity index (χ4v) is 5.25. The van der Waals surface area contributed by atoms with Crippen molar-refractivity contribution in [1.82, 2.24) is 4.98 Å². The summed E-state index contributed by atoms with van der Waals surface area (Å²) in [5.74, 6) is -0.927. The third kappa shape index (κ3) is 4.05. The summed E-state index contributed by atoms with van der Waals surface area (Å²) in [6.07, 6.45) is 0.989. The van der Waals surface area contributed by atoms with E-state index >= 15 is 0 Å². The lowest BCUT2D eigenvalue weighted by Gasteiger charge is -2.03. The number of thiazole rings is 1. The first-order chi connectivity index (χ1) is 9.15. The first-order valence-electron chi connectivity index (χ1n) is 5.49. The van der Waals surface area contributed by atoms with E-state index in [1.54, 1.807) is 18.2 Å². The molecule has 0 spiro atoms. The largest absolute Gasteiger partial charge is 0.399 e. The van der Waals surface area contributed by atoms with Gasteiger partial charge in [0.25, 0.3) is 0 Å². The highest BCUT2D eigenvalue weighted by Gasteiger charge is 2.16. The zero-order valence-electron chi connectivity index (χ0n) is 10.5. The van der Waals surface area contributed by atoms with Gasteiger partial charge in [0.2, 0.25) is 10.0 Å². The summed E-state index contributed by atoms with van der Waals surface area (Å²) in [5, 5.41) is 0.194. The summed E-state index contributed by atoms with van der Waals surface area (Å²) in [5.41, 5.74) is 6.82. The van der Waals surface area contributed by atoms with Crippen molar-refractivity contribution in [3.63, 3.8) is 0 Å². The number of nitrogens with two attached hydrogens (primary N) is 1. The third-order valence-electron chi connectivity index (χ3n) is 2.38. The van der Waals surface area contributed by atoms with Gasteiger partial charge in [-0.25, -0.2) is 21.8 Å². The van der Waals surface area contributed by atoms with Crippen LogP contribution in [0.5, 0.6) is 0 Å². The Bertz CT molecular complexity index is 840. The summed E-state index contributed by atoms with van der Waals surface area (Å²) < 4.78 is 48.5. The van der Waals surface area contributed by atoms with Crippen LogP contribution in [0.15, 0.2) is 18.2 Å². The highest BCUT2D eigenvalue weighted by Crippen LogP contribution is 2.28. The number of nitrogen functional groups attached to an aromatic ring is 1. The minimum absolute atomic E-state index is 0.194. The average molecular weight is 335 g/mol. The normalized spacial score (nSPS) is 12.7. The quantitative estimate of drug-likeness (QED) is 0.775. The van der Waals surface area contributed by atoms with E-state index < -0.39 is 31.4 Å². The summed E-state index contributed by atoms with van der Waals surface area (Å²) >= 11 is 1.14. The second kappa shape index (κ2) is 5.19. The third-order valence-corrected chi connectivity index (χ3v) is 5.89. The highest BCUT2D eigenvalue weighted by atomic mass is 32.2. The number of rotatable bonds is 5. The van der Waals surface area contributed by atoms with Crippen molar-refractivity contribution in [3.05, 3.63) is 18.2 Å². The number of sulfonamides is 1. The minimum atomic E-state index is -3.74. The SMILES string of the molecule is CS(=O)(=O)CCS(=O)(=O)Nc1nc2ccc(N)cc2s1. The van der Waals surface area contributed by atoms with Crippen molar-refractivity contribution in [1.29, 1.82) is 0 Å². The van der Waals surface area contributed by atoms with Crippen LogP contribution in [0, 0.1) is 0 Å². The molecule has 2 aromatic rings. The van der Waals surface area contributed by atoms with Crippen molar-refractivity contribution in [3.8, 4) is 0 Å². The van der Waals surface area contributed by atoms with Crippen LogP contribution < -0.4 is 10.5 Å². The molecule has 0 amide bonds. The molecular weight excluding hydrogens is 322 g/mol. The molecule has 0 radical (unpaired) electrons. The summed E-state index contributed by atoms with van der Waals surface area (Å²) in [6, 6.07) is 5.06. The second-order valence-corrected chi connectivity index (χ2v) is 9.43. The number of benzene rings is 1. The molecule has 0 atom stereocenters. The molecule has 0 saturated carbocycles. The molecule has 0 bridgehead atoms. The molecule has 1 aromatic heterocycles. The van der Waals surface area contributed by atoms with Gasteiger partial charge in [0, 0.05) is 11.9 Å². The predicted molar refractivity (Wildman–Crippen MR) is 81.2 cm³/mol. The first-order valence-corrected chi connectivity index (χ1v) is 10.0. The fraction of sp³-hybridized carbons (Fsp3) is 0.300. The Morgan fingerprint density at radius 3 is 2.60 bits per heavy atom. The van der Waals surface area contributed by atoms with Gasteiger partial charge in [0.05, 0.1) is 21.7 Å². The molecule has 0 aliphatic rings. The first kappa shape index (κ1) is 15.0. The van der Waals surface area contributed by atoms with E-state index in [0.29, 0.717) is 11.2 Å². The molecule has 0 fully saturated rings. The molecule has 0 aliphatic heterocycles. The molecule has 110 valence electrons. The maximum Gasteiger partial charge on any atom is 0.235 e. The van der Waals surface area contributed by atoms with Gasteiger partial charge >= 0.3 is 0 Å². The lowest BCUT2D eigenvalue weighted by molar-refractivity contribution is 0.593. The molecule has 1 aromatic carbocycles. The zero-order valence-corrected chi connectivity index (χ0v) is 13.0. The van der Waals surface area contributed by atoms with Crippen LogP contribution >= 0.6 is 11.3 Å². The monoisotopic (exact) mass is 335 g/mol. The van der Waals surface area contributed by atoms with Crippen LogP contribution in [-0.2, 0) is 19.9 Å². The van der Waals surface area contributed by atoms with Crippen molar-refractivity contribution in [2.45, 2.75) is 0 Å². The summed E-state index contributed by atoms with van der Waals surface area (Å²) in [4.78, 5) is 4.11. The standard InChI is InChI=1S/C10H13N3O4S3/c1-19(14,15)4-5-20(16,17)13-10-12-8-3-2-7(11)6-9(8)18-10/h2-3,6H,4-5,11H2,1H3,(H,12,13). The Morgan fingerprint density at radius 1 is 1.25 bits per heavy atom. The molecule has 7 nitrogen and oxygen atoms in total. The van der Waals surface area contributed by atoms with Crippen molar-refractivity contribution >= 4 is 52.2 Å². The minimum Gasteiger partial charge on any atom is -0.399 e. The van der Waals surface area contributed by atoms with E-state index in [4.69, 9.17) is 5.73 Å². The lowest BCUT2D eigenvalue weighted by atomic mass is 10.3. The smallest absolute Gasteiger partial charge is 0.235 e. The zero-order chi connectivity index (χ0) is 15.0. The lowest BCUT2D eigenvalue weighted by Crippen LogP contribution is -2.22. The summed E-state index contributed by atoms with van der Waals surface area (Å²) in [7, 11) is -7.07. The average Bonchev–Trinajstić information content (AvgIpc) is 2.66. The van der Waals surface area contributed by atoms with Gasteiger partial charge < -0.3 is 5.73 Å². The fourth-order valence-electron chi connectivity index (χ4n) is 1.43. The number of anilines is 2. The van der Waals surface area contributed by atoms with E-state index in [2.05, 4.69) is 9.71 Å². The molecule has 0 unspecified atom stereocenters. The van der Waals surface area contributed by atoms with Crippen LogP contribution in [-0.4, -0.2) is 39.6 Å². The molecule has 2 rings (SSSR count). The van der Waals surface area contributed by atoms with Crippen LogP contribution in [0.2, 0.25) is 0 Å². The van der Waals surface area contributed by atoms with Crippen LogP contribution in [0.3, 0.4) is 0 Å². The van der Waals surface area contributed by atoms with Gasteiger partial charge in [-0.05, 0) is 18.2 Å². The molecule has 0 saturated heterocycles. The number of hydrogen-bond acceptors (Lipinski definition) is 7. The van der Waals surface area contributed by atoms with Crippen molar-refractivity contribution in [2.24, 2.45) is 0 Å². The van der Waals surface area contributed by atoms with Gasteiger partial charge in [-0.15, -0.1) is 0 Å². The molecule has 1 heterocycles. The van der Waals surface area contributed by atoms with Gasteiger partial charge in [-0.3, -0.25) is 4.72 Å². The topological polar surface area (TPSA) is 119 Å². The number of nitrogens with zero attached hydrogens (tertiary/aromatic N) is 1. The Labute approximate surface area is 120 Å². The van der Waals surface area contributed by atoms with Crippen LogP contribution in [0.25, 0.3) is 10.2 Å². The molecule has 0 aliphatic carbocycles. The number of sulfone groups is 1. The predicted octanol–water partition coefficient (Wildman–Crippen LogP) is 0.665.